The van der Waals surface area contributed by atoms with Crippen LogP contribution in [0.3, 0.4) is 0 Å². The van der Waals surface area contributed by atoms with Crippen molar-refractivity contribution < 1.29 is 4.79 Å². The number of benzene rings is 1. The van der Waals surface area contributed by atoms with Gasteiger partial charge in [-0.25, -0.2) is 0 Å². The topological polar surface area (TPSA) is 32.3 Å². The minimum absolute atomic E-state index is 0.180. The van der Waals surface area contributed by atoms with Gasteiger partial charge in [0.05, 0.1) is 0 Å². The number of hydrogen-bond acceptors (Lipinski definition) is 2. The number of likely N-dealkylation sites (tertiary alicyclic amines) is 1. The number of aryl methyl sites for hydroxylation is 2. The van der Waals surface area contributed by atoms with Crippen LogP contribution in [0.15, 0.2) is 18.2 Å². The van der Waals surface area contributed by atoms with E-state index in [1.807, 2.05) is 37.9 Å². The molecule has 1 amide bonds. The highest BCUT2D eigenvalue weighted by Crippen LogP contribution is 2.20. The molecule has 98 valence electrons. The highest BCUT2D eigenvalue weighted by molar-refractivity contribution is 5.95. The highest BCUT2D eigenvalue weighted by atomic mass is 16.2. The number of likely N-dealkylation sites (N-methyl/N-ethyl adjacent to an activating group) is 1. The molecular formula is C15H22N2O. The van der Waals surface area contributed by atoms with Gasteiger partial charge in [-0.2, -0.15) is 0 Å². The van der Waals surface area contributed by atoms with E-state index < -0.39 is 0 Å². The number of amides is 1. The van der Waals surface area contributed by atoms with Crippen molar-refractivity contribution in [2.45, 2.75) is 32.7 Å². The van der Waals surface area contributed by atoms with E-state index in [0.29, 0.717) is 6.04 Å². The molecule has 0 saturated carbocycles. The molecule has 1 aromatic rings. The Labute approximate surface area is 109 Å². The number of carbonyl (C=O) groups is 1. The molecule has 18 heavy (non-hydrogen) atoms. The number of rotatable bonds is 3. The highest BCUT2D eigenvalue weighted by Gasteiger charge is 2.28. The molecule has 3 nitrogen and oxygen atoms in total. The zero-order valence-corrected chi connectivity index (χ0v) is 11.5. The van der Waals surface area contributed by atoms with Crippen LogP contribution in [-0.4, -0.2) is 37.0 Å². The predicted octanol–water partition coefficient (Wildman–Crippen LogP) is 2.13. The molecule has 1 atom stereocenters. The Kier molecular flexibility index (Phi) is 4.02. The molecular weight excluding hydrogens is 224 g/mol. The summed E-state index contributed by atoms with van der Waals surface area (Å²) in [6.07, 6.45) is 2.22. The van der Waals surface area contributed by atoms with Gasteiger partial charge in [0, 0.05) is 24.7 Å². The standard InChI is InChI=1S/C15H22N2O/c1-11-7-12(2)9-13(8-11)15(18)17-6-4-5-14(17)10-16-3/h7-9,14,16H,4-6,10H2,1-3H3/t14-/m0/s1. The first kappa shape index (κ1) is 13.1. The molecule has 1 N–H and O–H groups in total. The van der Waals surface area contributed by atoms with Gasteiger partial charge in [0.25, 0.3) is 5.91 Å². The molecule has 1 aromatic carbocycles. The lowest BCUT2D eigenvalue weighted by molar-refractivity contribution is 0.0737. The van der Waals surface area contributed by atoms with Crippen LogP contribution in [0.25, 0.3) is 0 Å². The molecule has 0 bridgehead atoms. The smallest absolute Gasteiger partial charge is 0.254 e. The van der Waals surface area contributed by atoms with Gasteiger partial charge in [0.2, 0.25) is 0 Å². The lowest BCUT2D eigenvalue weighted by Crippen LogP contribution is -2.40. The van der Waals surface area contributed by atoms with E-state index >= 15 is 0 Å². The first-order valence-corrected chi connectivity index (χ1v) is 6.65. The molecule has 1 aliphatic rings. The van der Waals surface area contributed by atoms with E-state index in [1.165, 1.54) is 0 Å². The van der Waals surface area contributed by atoms with E-state index in [9.17, 15) is 4.79 Å². The van der Waals surface area contributed by atoms with Gasteiger partial charge in [-0.05, 0) is 45.9 Å². The Morgan fingerprint density at radius 1 is 1.33 bits per heavy atom. The van der Waals surface area contributed by atoms with E-state index in [1.54, 1.807) is 0 Å². The van der Waals surface area contributed by atoms with E-state index in [4.69, 9.17) is 0 Å². The third-order valence-corrected chi connectivity index (χ3v) is 3.55. The number of nitrogens with one attached hydrogen (secondary N) is 1. The van der Waals surface area contributed by atoms with E-state index in [-0.39, 0.29) is 5.91 Å². The molecule has 2 rings (SSSR count). The average Bonchev–Trinajstić information content (AvgIpc) is 2.75. The maximum Gasteiger partial charge on any atom is 0.254 e. The summed E-state index contributed by atoms with van der Waals surface area (Å²) >= 11 is 0. The third kappa shape index (κ3) is 2.72. The van der Waals surface area contributed by atoms with Crippen LogP contribution in [-0.2, 0) is 0 Å². The Morgan fingerprint density at radius 3 is 2.61 bits per heavy atom. The summed E-state index contributed by atoms with van der Waals surface area (Å²) in [5, 5.41) is 3.17. The Morgan fingerprint density at radius 2 is 2.00 bits per heavy atom. The molecule has 1 aliphatic heterocycles. The summed E-state index contributed by atoms with van der Waals surface area (Å²) in [5.41, 5.74) is 3.14. The average molecular weight is 246 g/mol. The molecule has 0 aromatic heterocycles. The zero-order chi connectivity index (χ0) is 13.1. The molecule has 0 unspecified atom stereocenters. The van der Waals surface area contributed by atoms with Crippen LogP contribution < -0.4 is 5.32 Å². The lowest BCUT2D eigenvalue weighted by Gasteiger charge is -2.25. The predicted molar refractivity (Wildman–Crippen MR) is 73.9 cm³/mol. The molecule has 0 radical (unpaired) electrons. The third-order valence-electron chi connectivity index (χ3n) is 3.55. The van der Waals surface area contributed by atoms with Crippen molar-refractivity contribution in [3.8, 4) is 0 Å². The summed E-state index contributed by atoms with van der Waals surface area (Å²) in [6, 6.07) is 6.43. The van der Waals surface area contributed by atoms with Gasteiger partial charge in [-0.1, -0.05) is 17.2 Å². The van der Waals surface area contributed by atoms with Crippen LogP contribution in [0, 0.1) is 13.8 Å². The van der Waals surface area contributed by atoms with Gasteiger partial charge in [0.15, 0.2) is 0 Å². The van der Waals surface area contributed by atoms with Crippen molar-refractivity contribution in [2.24, 2.45) is 0 Å². The molecule has 1 saturated heterocycles. The maximum atomic E-state index is 12.5. The number of carbonyl (C=O) groups excluding carboxylic acids is 1. The SMILES string of the molecule is CNC[C@@H]1CCCN1C(=O)c1cc(C)cc(C)c1. The summed E-state index contributed by atoms with van der Waals surface area (Å²) in [4.78, 5) is 14.6. The second-order valence-electron chi connectivity index (χ2n) is 5.23. The number of nitrogens with zero attached hydrogens (tertiary/aromatic N) is 1. The summed E-state index contributed by atoms with van der Waals surface area (Å²) < 4.78 is 0. The molecule has 0 spiro atoms. The Hall–Kier alpha value is -1.35. The van der Waals surface area contributed by atoms with Gasteiger partial charge in [0.1, 0.15) is 0 Å². The molecule has 1 fully saturated rings. The fourth-order valence-electron chi connectivity index (χ4n) is 2.81. The Balaban J connectivity index is 2.19. The zero-order valence-electron chi connectivity index (χ0n) is 11.5. The summed E-state index contributed by atoms with van der Waals surface area (Å²) in [5.74, 6) is 0.180. The normalized spacial score (nSPS) is 19.3. The van der Waals surface area contributed by atoms with Crippen molar-refractivity contribution in [3.63, 3.8) is 0 Å². The first-order chi connectivity index (χ1) is 8.61. The van der Waals surface area contributed by atoms with Crippen molar-refractivity contribution in [3.05, 3.63) is 34.9 Å². The maximum absolute atomic E-state index is 12.5. The van der Waals surface area contributed by atoms with Gasteiger partial charge >= 0.3 is 0 Å². The largest absolute Gasteiger partial charge is 0.334 e. The van der Waals surface area contributed by atoms with Gasteiger partial charge in [-0.15, -0.1) is 0 Å². The molecule has 1 heterocycles. The minimum atomic E-state index is 0.180. The summed E-state index contributed by atoms with van der Waals surface area (Å²) in [7, 11) is 1.94. The quantitative estimate of drug-likeness (QED) is 0.886. The van der Waals surface area contributed by atoms with Crippen molar-refractivity contribution in [1.82, 2.24) is 10.2 Å². The van der Waals surface area contributed by atoms with Crippen LogP contribution in [0.2, 0.25) is 0 Å². The molecule has 3 heteroatoms. The first-order valence-electron chi connectivity index (χ1n) is 6.65. The fourth-order valence-corrected chi connectivity index (χ4v) is 2.81. The van der Waals surface area contributed by atoms with Crippen LogP contribution in [0.5, 0.6) is 0 Å². The van der Waals surface area contributed by atoms with Gasteiger partial charge < -0.3 is 10.2 Å². The van der Waals surface area contributed by atoms with Crippen LogP contribution >= 0.6 is 0 Å². The summed E-state index contributed by atoms with van der Waals surface area (Å²) in [6.45, 7) is 5.85. The Bertz CT molecular complexity index is 422. The lowest BCUT2D eigenvalue weighted by atomic mass is 10.1. The van der Waals surface area contributed by atoms with E-state index in [0.717, 1.165) is 42.6 Å². The van der Waals surface area contributed by atoms with Crippen molar-refractivity contribution >= 4 is 5.91 Å². The van der Waals surface area contributed by atoms with Crippen molar-refractivity contribution in [1.29, 1.82) is 0 Å². The molecule has 0 aliphatic carbocycles. The van der Waals surface area contributed by atoms with Crippen molar-refractivity contribution in [2.75, 3.05) is 20.1 Å². The van der Waals surface area contributed by atoms with Crippen LogP contribution in [0.4, 0.5) is 0 Å². The number of hydrogen-bond donors (Lipinski definition) is 1. The second-order valence-corrected chi connectivity index (χ2v) is 5.23. The fraction of sp³-hybridized carbons (Fsp3) is 0.533. The van der Waals surface area contributed by atoms with Crippen LogP contribution in [0.1, 0.15) is 34.3 Å². The monoisotopic (exact) mass is 246 g/mol. The van der Waals surface area contributed by atoms with E-state index in [2.05, 4.69) is 11.4 Å². The van der Waals surface area contributed by atoms with Gasteiger partial charge in [-0.3, -0.25) is 4.79 Å². The second kappa shape index (κ2) is 5.53. The minimum Gasteiger partial charge on any atom is -0.334 e.